The van der Waals surface area contributed by atoms with Crippen molar-refractivity contribution in [1.82, 2.24) is 5.01 Å². The summed E-state index contributed by atoms with van der Waals surface area (Å²) in [6.45, 7) is 1.82. The first kappa shape index (κ1) is 8.70. The summed E-state index contributed by atoms with van der Waals surface area (Å²) in [6, 6.07) is -0.399. The van der Waals surface area contributed by atoms with Crippen molar-refractivity contribution in [2.45, 2.75) is 13.3 Å². The van der Waals surface area contributed by atoms with Crippen molar-refractivity contribution in [1.29, 1.82) is 0 Å². The normalized spacial score (nSPS) is 18.2. The fourth-order valence-corrected chi connectivity index (χ4v) is 0.889. The monoisotopic (exact) mass is 169 g/mol. The van der Waals surface area contributed by atoms with Crippen LogP contribution in [0.2, 0.25) is 0 Å². The zero-order valence-electron chi connectivity index (χ0n) is 7.37. The van der Waals surface area contributed by atoms with Crippen LogP contribution in [0, 0.1) is 0 Å². The molecule has 0 aliphatic carbocycles. The number of hydrogen-bond donors (Lipinski definition) is 0. The molecule has 0 aromatic rings. The van der Waals surface area contributed by atoms with Crippen LogP contribution in [-0.4, -0.2) is 36.8 Å². The maximum Gasteiger partial charge on any atom is 0.366 e. The summed E-state index contributed by atoms with van der Waals surface area (Å²) in [5.74, 6) is 0.408. The Morgan fingerprint density at radius 1 is 1.58 bits per heavy atom. The van der Waals surface area contributed by atoms with E-state index in [2.05, 4.69) is 10.1 Å². The average molecular weight is 169 g/mol. The van der Waals surface area contributed by atoms with E-state index in [0.29, 0.717) is 12.3 Å². The van der Waals surface area contributed by atoms with Gasteiger partial charge in [0.25, 0.3) is 0 Å². The Hall–Kier alpha value is -1.39. The molecule has 0 atom stereocenters. The number of aliphatic imine (C=N–C) groups is 1. The lowest BCUT2D eigenvalue weighted by molar-refractivity contribution is 0.220. The third-order valence-electron chi connectivity index (χ3n) is 1.46. The molecule has 0 aromatic carbocycles. The minimum atomic E-state index is -0.399. The van der Waals surface area contributed by atoms with Gasteiger partial charge in [0.1, 0.15) is 0 Å². The SMILES string of the molecule is COC1=NC(=O)N(C)N=C(C)C1. The Morgan fingerprint density at radius 3 is 2.83 bits per heavy atom. The van der Waals surface area contributed by atoms with Gasteiger partial charge in [-0.1, -0.05) is 0 Å². The van der Waals surface area contributed by atoms with Crippen LogP contribution in [0.4, 0.5) is 4.79 Å². The fourth-order valence-electron chi connectivity index (χ4n) is 0.889. The first-order valence-electron chi connectivity index (χ1n) is 3.57. The predicted octanol–water partition coefficient (Wildman–Crippen LogP) is 0.863. The van der Waals surface area contributed by atoms with E-state index in [1.807, 2.05) is 6.92 Å². The zero-order chi connectivity index (χ0) is 9.14. The standard InChI is InChI=1S/C7H11N3O2/c1-5-4-6(12-3)8-7(11)10(2)9-5/h4H2,1-3H3. The minimum Gasteiger partial charge on any atom is -0.484 e. The molecule has 0 bridgehead atoms. The molecule has 1 aliphatic rings. The first-order chi connectivity index (χ1) is 5.63. The van der Waals surface area contributed by atoms with Gasteiger partial charge in [-0.2, -0.15) is 10.1 Å². The molecule has 5 heteroatoms. The average Bonchev–Trinajstić information content (AvgIpc) is 2.12. The molecule has 1 heterocycles. The molecule has 0 radical (unpaired) electrons. The van der Waals surface area contributed by atoms with E-state index < -0.39 is 6.03 Å². The van der Waals surface area contributed by atoms with Gasteiger partial charge < -0.3 is 4.74 Å². The molecule has 1 rings (SSSR count). The van der Waals surface area contributed by atoms with Crippen LogP contribution >= 0.6 is 0 Å². The smallest absolute Gasteiger partial charge is 0.366 e. The van der Waals surface area contributed by atoms with Crippen molar-refractivity contribution in [3.63, 3.8) is 0 Å². The number of carbonyl (C=O) groups is 1. The summed E-state index contributed by atoms with van der Waals surface area (Å²) in [7, 11) is 3.05. The number of nitrogens with zero attached hydrogens (tertiary/aromatic N) is 3. The number of hydrazone groups is 1. The highest BCUT2D eigenvalue weighted by molar-refractivity contribution is 6.05. The van der Waals surface area contributed by atoms with Gasteiger partial charge in [-0.3, -0.25) is 0 Å². The molecule has 0 spiro atoms. The predicted molar refractivity (Wildman–Crippen MR) is 45.3 cm³/mol. The molecular weight excluding hydrogens is 158 g/mol. The van der Waals surface area contributed by atoms with Gasteiger partial charge in [0, 0.05) is 12.8 Å². The Labute approximate surface area is 70.7 Å². The Bertz CT molecular complexity index is 257. The fraction of sp³-hybridized carbons (Fsp3) is 0.571. The molecule has 0 N–H and O–H groups in total. The number of ether oxygens (including phenoxy) is 1. The number of rotatable bonds is 0. The minimum absolute atomic E-state index is 0.399. The van der Waals surface area contributed by atoms with Gasteiger partial charge in [-0.25, -0.2) is 9.80 Å². The van der Waals surface area contributed by atoms with E-state index in [9.17, 15) is 4.79 Å². The highest BCUT2D eigenvalue weighted by atomic mass is 16.5. The van der Waals surface area contributed by atoms with E-state index in [0.717, 1.165) is 5.71 Å². The molecule has 0 saturated heterocycles. The summed E-state index contributed by atoms with van der Waals surface area (Å²) in [5, 5.41) is 5.16. The second-order valence-electron chi connectivity index (χ2n) is 2.53. The maximum atomic E-state index is 11.1. The summed E-state index contributed by atoms with van der Waals surface area (Å²) in [4.78, 5) is 14.8. The summed E-state index contributed by atoms with van der Waals surface area (Å²) in [5.41, 5.74) is 0.809. The van der Waals surface area contributed by atoms with Crippen LogP contribution in [0.3, 0.4) is 0 Å². The number of methoxy groups -OCH3 is 1. The van der Waals surface area contributed by atoms with Gasteiger partial charge >= 0.3 is 6.03 Å². The van der Waals surface area contributed by atoms with Crippen molar-refractivity contribution in [3.05, 3.63) is 0 Å². The third-order valence-corrected chi connectivity index (χ3v) is 1.46. The van der Waals surface area contributed by atoms with Gasteiger partial charge in [-0.05, 0) is 6.92 Å². The Morgan fingerprint density at radius 2 is 2.25 bits per heavy atom. The number of amides is 2. The van der Waals surface area contributed by atoms with Crippen molar-refractivity contribution in [2.24, 2.45) is 10.1 Å². The largest absolute Gasteiger partial charge is 0.484 e. The summed E-state index contributed by atoms with van der Waals surface area (Å²) < 4.78 is 4.88. The van der Waals surface area contributed by atoms with Crippen LogP contribution in [0.15, 0.2) is 10.1 Å². The van der Waals surface area contributed by atoms with Crippen LogP contribution in [-0.2, 0) is 4.74 Å². The summed E-state index contributed by atoms with van der Waals surface area (Å²) in [6.07, 6.45) is 0.493. The molecule has 66 valence electrons. The lowest BCUT2D eigenvalue weighted by Gasteiger charge is -2.04. The van der Waals surface area contributed by atoms with E-state index >= 15 is 0 Å². The first-order valence-corrected chi connectivity index (χ1v) is 3.57. The molecule has 0 unspecified atom stereocenters. The molecule has 2 amide bonds. The third kappa shape index (κ3) is 1.81. The second kappa shape index (κ2) is 3.34. The van der Waals surface area contributed by atoms with Gasteiger partial charge in [0.05, 0.1) is 13.5 Å². The molecule has 1 aliphatic heterocycles. The second-order valence-corrected chi connectivity index (χ2v) is 2.53. The Kier molecular flexibility index (Phi) is 2.42. The van der Waals surface area contributed by atoms with Crippen molar-refractivity contribution < 1.29 is 9.53 Å². The maximum absolute atomic E-state index is 11.1. The van der Waals surface area contributed by atoms with E-state index in [-0.39, 0.29) is 0 Å². The van der Waals surface area contributed by atoms with Crippen LogP contribution in [0.25, 0.3) is 0 Å². The van der Waals surface area contributed by atoms with Crippen LogP contribution < -0.4 is 0 Å². The van der Waals surface area contributed by atoms with Crippen LogP contribution in [0.1, 0.15) is 13.3 Å². The highest BCUT2D eigenvalue weighted by Gasteiger charge is 2.14. The lowest BCUT2D eigenvalue weighted by Crippen LogP contribution is -2.17. The molecule has 0 fully saturated rings. The zero-order valence-corrected chi connectivity index (χ0v) is 7.37. The van der Waals surface area contributed by atoms with Crippen molar-refractivity contribution >= 4 is 17.6 Å². The molecule has 12 heavy (non-hydrogen) atoms. The topological polar surface area (TPSA) is 54.3 Å². The quantitative estimate of drug-likeness (QED) is 0.540. The van der Waals surface area contributed by atoms with Gasteiger partial charge in [-0.15, -0.1) is 0 Å². The molecular formula is C7H11N3O2. The Balaban J connectivity index is 2.91. The van der Waals surface area contributed by atoms with Crippen molar-refractivity contribution in [2.75, 3.05) is 14.2 Å². The highest BCUT2D eigenvalue weighted by Crippen LogP contribution is 2.03. The summed E-state index contributed by atoms with van der Waals surface area (Å²) >= 11 is 0. The van der Waals surface area contributed by atoms with Crippen LogP contribution in [0.5, 0.6) is 0 Å². The van der Waals surface area contributed by atoms with Crippen molar-refractivity contribution in [3.8, 4) is 0 Å². The van der Waals surface area contributed by atoms with E-state index in [1.165, 1.54) is 12.1 Å². The molecule has 0 aromatic heterocycles. The number of urea groups is 1. The number of carbonyl (C=O) groups excluding carboxylic acids is 1. The van der Waals surface area contributed by atoms with Gasteiger partial charge in [0.15, 0.2) is 5.90 Å². The lowest BCUT2D eigenvalue weighted by atomic mass is 10.3. The van der Waals surface area contributed by atoms with Gasteiger partial charge in [0.2, 0.25) is 0 Å². The van der Waals surface area contributed by atoms with E-state index in [1.54, 1.807) is 7.05 Å². The molecule has 5 nitrogen and oxygen atoms in total. The van der Waals surface area contributed by atoms with E-state index in [4.69, 9.17) is 4.74 Å². The number of hydrogen-bond acceptors (Lipinski definition) is 3. The molecule has 0 saturated carbocycles.